The molecule has 0 radical (unpaired) electrons. The quantitative estimate of drug-likeness (QED) is 0.730. The predicted octanol–water partition coefficient (Wildman–Crippen LogP) is 2.73. The molecule has 2 rings (SSSR count). The second kappa shape index (κ2) is 3.87. The highest BCUT2D eigenvalue weighted by atomic mass is 35.5. The van der Waals surface area contributed by atoms with Crippen molar-refractivity contribution in [1.82, 2.24) is 9.78 Å². The predicted molar refractivity (Wildman–Crippen MR) is 58.6 cm³/mol. The van der Waals surface area contributed by atoms with Gasteiger partial charge in [0.25, 0.3) is 0 Å². The lowest BCUT2D eigenvalue weighted by atomic mass is 10.1. The average molecular weight is 221 g/mol. The molecule has 0 aliphatic rings. The molecule has 15 heavy (non-hydrogen) atoms. The molecule has 0 bridgehead atoms. The number of benzene rings is 1. The molecule has 0 amide bonds. The molecule has 0 saturated carbocycles. The topological polar surface area (TPSA) is 34.9 Å². The Morgan fingerprint density at radius 2 is 1.93 bits per heavy atom. The van der Waals surface area contributed by atoms with Crippen molar-refractivity contribution < 1.29 is 4.79 Å². The zero-order chi connectivity index (χ0) is 10.8. The van der Waals surface area contributed by atoms with Gasteiger partial charge in [-0.3, -0.25) is 4.79 Å². The van der Waals surface area contributed by atoms with Crippen LogP contribution in [0.15, 0.2) is 36.5 Å². The third-order valence-electron chi connectivity index (χ3n) is 2.11. The standard InChI is InChI=1S/C11H9ClN2O/c1-8(15)9-2-4-10(5-3-9)14-11(12)6-7-13-14/h2-7H,1H3. The van der Waals surface area contributed by atoms with Crippen LogP contribution in [0.3, 0.4) is 0 Å². The van der Waals surface area contributed by atoms with E-state index in [1.807, 2.05) is 12.1 Å². The van der Waals surface area contributed by atoms with Gasteiger partial charge in [-0.2, -0.15) is 5.10 Å². The zero-order valence-electron chi connectivity index (χ0n) is 8.14. The number of carbonyl (C=O) groups excluding carboxylic acids is 1. The van der Waals surface area contributed by atoms with Crippen LogP contribution in [-0.2, 0) is 0 Å². The minimum Gasteiger partial charge on any atom is -0.295 e. The van der Waals surface area contributed by atoms with Crippen LogP contribution in [0.4, 0.5) is 0 Å². The van der Waals surface area contributed by atoms with Crippen molar-refractivity contribution in [2.45, 2.75) is 6.92 Å². The third kappa shape index (κ3) is 1.92. The lowest BCUT2D eigenvalue weighted by Crippen LogP contribution is -1.97. The Labute approximate surface area is 92.3 Å². The Morgan fingerprint density at radius 1 is 1.27 bits per heavy atom. The van der Waals surface area contributed by atoms with Crippen LogP contribution in [0.2, 0.25) is 5.15 Å². The highest BCUT2D eigenvalue weighted by molar-refractivity contribution is 6.29. The first-order valence-electron chi connectivity index (χ1n) is 4.49. The molecule has 0 aliphatic heterocycles. The second-order valence-corrected chi connectivity index (χ2v) is 3.56. The Bertz CT molecular complexity index is 488. The summed E-state index contributed by atoms with van der Waals surface area (Å²) in [6, 6.07) is 8.86. The van der Waals surface area contributed by atoms with Gasteiger partial charge < -0.3 is 0 Å². The van der Waals surface area contributed by atoms with E-state index in [0.717, 1.165) is 5.69 Å². The fourth-order valence-electron chi connectivity index (χ4n) is 1.31. The van der Waals surface area contributed by atoms with E-state index in [-0.39, 0.29) is 5.78 Å². The van der Waals surface area contributed by atoms with Gasteiger partial charge in [-0.1, -0.05) is 11.6 Å². The number of Topliss-reactive ketones (excluding diaryl/α,β-unsaturated/α-hetero) is 1. The fraction of sp³-hybridized carbons (Fsp3) is 0.0909. The molecule has 0 fully saturated rings. The largest absolute Gasteiger partial charge is 0.295 e. The average Bonchev–Trinajstić information content (AvgIpc) is 2.65. The lowest BCUT2D eigenvalue weighted by Gasteiger charge is -2.03. The molecule has 0 saturated heterocycles. The normalized spacial score (nSPS) is 10.3. The minimum absolute atomic E-state index is 0.0492. The Balaban J connectivity index is 2.40. The van der Waals surface area contributed by atoms with Gasteiger partial charge in [0.2, 0.25) is 0 Å². The molecule has 4 heteroatoms. The maximum atomic E-state index is 11.1. The Hall–Kier alpha value is -1.61. The SMILES string of the molecule is CC(=O)c1ccc(-n2nccc2Cl)cc1. The summed E-state index contributed by atoms with van der Waals surface area (Å²) in [6.07, 6.45) is 1.63. The molecular weight excluding hydrogens is 212 g/mol. The summed E-state index contributed by atoms with van der Waals surface area (Å²) in [5, 5.41) is 4.61. The Kier molecular flexibility index (Phi) is 2.56. The van der Waals surface area contributed by atoms with E-state index < -0.39 is 0 Å². The third-order valence-corrected chi connectivity index (χ3v) is 2.40. The van der Waals surface area contributed by atoms with Crippen LogP contribution < -0.4 is 0 Å². The van der Waals surface area contributed by atoms with Crippen molar-refractivity contribution in [2.24, 2.45) is 0 Å². The number of halogens is 1. The summed E-state index contributed by atoms with van der Waals surface area (Å²) in [5.74, 6) is 0.0492. The summed E-state index contributed by atoms with van der Waals surface area (Å²) in [6.45, 7) is 1.54. The number of rotatable bonds is 2. The van der Waals surface area contributed by atoms with E-state index in [1.165, 1.54) is 6.92 Å². The smallest absolute Gasteiger partial charge is 0.159 e. The zero-order valence-corrected chi connectivity index (χ0v) is 8.90. The maximum Gasteiger partial charge on any atom is 0.159 e. The van der Waals surface area contributed by atoms with Gasteiger partial charge in [-0.25, -0.2) is 4.68 Å². The Morgan fingerprint density at radius 3 is 2.40 bits per heavy atom. The summed E-state index contributed by atoms with van der Waals surface area (Å²) >= 11 is 5.91. The van der Waals surface area contributed by atoms with Crippen molar-refractivity contribution in [3.63, 3.8) is 0 Å². The van der Waals surface area contributed by atoms with Crippen LogP contribution in [0.25, 0.3) is 5.69 Å². The van der Waals surface area contributed by atoms with E-state index >= 15 is 0 Å². The van der Waals surface area contributed by atoms with E-state index in [1.54, 1.807) is 29.1 Å². The molecular formula is C11H9ClN2O. The van der Waals surface area contributed by atoms with Crippen molar-refractivity contribution in [3.8, 4) is 5.69 Å². The fourth-order valence-corrected chi connectivity index (χ4v) is 1.51. The minimum atomic E-state index is 0.0492. The lowest BCUT2D eigenvalue weighted by molar-refractivity contribution is 0.101. The monoisotopic (exact) mass is 220 g/mol. The molecule has 0 spiro atoms. The molecule has 2 aromatic rings. The molecule has 0 aliphatic carbocycles. The molecule has 1 heterocycles. The highest BCUT2D eigenvalue weighted by Crippen LogP contribution is 2.15. The first kappa shape index (κ1) is 9.93. The van der Waals surface area contributed by atoms with Crippen LogP contribution >= 0.6 is 11.6 Å². The number of hydrogen-bond donors (Lipinski definition) is 0. The summed E-state index contributed by atoms with van der Waals surface area (Å²) < 4.78 is 1.60. The van der Waals surface area contributed by atoms with E-state index in [2.05, 4.69) is 5.10 Å². The molecule has 1 aromatic carbocycles. The van der Waals surface area contributed by atoms with Crippen molar-refractivity contribution in [3.05, 3.63) is 47.2 Å². The first-order valence-corrected chi connectivity index (χ1v) is 4.87. The number of aromatic nitrogens is 2. The first-order chi connectivity index (χ1) is 7.18. The van der Waals surface area contributed by atoms with Gasteiger partial charge in [0.1, 0.15) is 5.15 Å². The molecule has 3 nitrogen and oxygen atoms in total. The second-order valence-electron chi connectivity index (χ2n) is 3.17. The number of carbonyl (C=O) groups is 1. The van der Waals surface area contributed by atoms with E-state index in [9.17, 15) is 4.79 Å². The van der Waals surface area contributed by atoms with Crippen LogP contribution in [-0.4, -0.2) is 15.6 Å². The van der Waals surface area contributed by atoms with Gasteiger partial charge in [-0.05, 0) is 37.3 Å². The van der Waals surface area contributed by atoms with Crippen LogP contribution in [0.5, 0.6) is 0 Å². The number of hydrogen-bond acceptors (Lipinski definition) is 2. The molecule has 0 unspecified atom stereocenters. The maximum absolute atomic E-state index is 11.1. The van der Waals surface area contributed by atoms with Crippen LogP contribution in [0.1, 0.15) is 17.3 Å². The summed E-state index contributed by atoms with van der Waals surface area (Å²) in [4.78, 5) is 11.1. The van der Waals surface area contributed by atoms with Gasteiger partial charge in [-0.15, -0.1) is 0 Å². The van der Waals surface area contributed by atoms with E-state index in [0.29, 0.717) is 10.7 Å². The molecule has 1 aromatic heterocycles. The van der Waals surface area contributed by atoms with E-state index in [4.69, 9.17) is 11.6 Å². The summed E-state index contributed by atoms with van der Waals surface area (Å²) in [5.41, 5.74) is 1.53. The van der Waals surface area contributed by atoms with Gasteiger partial charge in [0.05, 0.1) is 11.9 Å². The van der Waals surface area contributed by atoms with Gasteiger partial charge in [0, 0.05) is 5.56 Å². The highest BCUT2D eigenvalue weighted by Gasteiger charge is 2.03. The van der Waals surface area contributed by atoms with Crippen LogP contribution in [0, 0.1) is 0 Å². The molecule has 76 valence electrons. The number of ketones is 1. The van der Waals surface area contributed by atoms with Crippen molar-refractivity contribution >= 4 is 17.4 Å². The van der Waals surface area contributed by atoms with Crippen molar-refractivity contribution in [1.29, 1.82) is 0 Å². The van der Waals surface area contributed by atoms with Gasteiger partial charge in [0.15, 0.2) is 5.78 Å². The van der Waals surface area contributed by atoms with Crippen molar-refractivity contribution in [2.75, 3.05) is 0 Å². The summed E-state index contributed by atoms with van der Waals surface area (Å²) in [7, 11) is 0. The number of nitrogens with zero attached hydrogens (tertiary/aromatic N) is 2. The molecule has 0 atom stereocenters. The molecule has 0 N–H and O–H groups in total. The van der Waals surface area contributed by atoms with Gasteiger partial charge >= 0.3 is 0 Å².